The van der Waals surface area contributed by atoms with Crippen molar-refractivity contribution >= 4 is 5.78 Å². The van der Waals surface area contributed by atoms with Crippen LogP contribution in [0.1, 0.15) is 72.6 Å². The zero-order valence-electron chi connectivity index (χ0n) is 15.0. The fraction of sp³-hybridized carbons (Fsp3) is 0.850. The number of carbonyl (C=O) groups excluding carboxylic acids is 1. The first-order chi connectivity index (χ1) is 10.2. The third-order valence-corrected chi connectivity index (χ3v) is 7.57. The van der Waals surface area contributed by atoms with E-state index in [2.05, 4.69) is 34.3 Å². The summed E-state index contributed by atoms with van der Waals surface area (Å²) in [6, 6.07) is 0. The molecule has 2 fully saturated rings. The Hall–Kier alpha value is -0.630. The Bertz CT molecular complexity index is 441. The van der Waals surface area contributed by atoms with E-state index in [9.17, 15) is 9.90 Å². The van der Waals surface area contributed by atoms with E-state index in [0.29, 0.717) is 24.5 Å². The van der Waals surface area contributed by atoms with Crippen LogP contribution < -0.4 is 0 Å². The van der Waals surface area contributed by atoms with Gasteiger partial charge in [-0.2, -0.15) is 0 Å². The molecule has 2 heteroatoms. The van der Waals surface area contributed by atoms with Crippen LogP contribution in [-0.2, 0) is 4.79 Å². The van der Waals surface area contributed by atoms with Crippen molar-refractivity contribution in [3.8, 4) is 0 Å². The molecule has 3 unspecified atom stereocenters. The molecular formula is C20H34O2. The fourth-order valence-corrected chi connectivity index (χ4v) is 4.76. The first kappa shape index (κ1) is 17.7. The summed E-state index contributed by atoms with van der Waals surface area (Å²) >= 11 is 0. The molecular weight excluding hydrogens is 272 g/mol. The van der Waals surface area contributed by atoms with Crippen LogP contribution in [0.2, 0.25) is 0 Å². The van der Waals surface area contributed by atoms with Crippen molar-refractivity contribution in [2.24, 2.45) is 28.6 Å². The first-order valence-corrected chi connectivity index (χ1v) is 9.05. The molecule has 0 aromatic rings. The van der Waals surface area contributed by atoms with Crippen LogP contribution in [0.15, 0.2) is 12.2 Å². The van der Waals surface area contributed by atoms with E-state index in [0.717, 1.165) is 12.3 Å². The van der Waals surface area contributed by atoms with Gasteiger partial charge in [0.25, 0.3) is 0 Å². The fourth-order valence-electron chi connectivity index (χ4n) is 4.76. The maximum atomic E-state index is 11.7. The number of ketones is 1. The summed E-state index contributed by atoms with van der Waals surface area (Å²) in [5.41, 5.74) is 1.81. The minimum Gasteiger partial charge on any atom is -0.396 e. The zero-order chi connectivity index (χ0) is 16.5. The van der Waals surface area contributed by atoms with Gasteiger partial charge < -0.3 is 5.11 Å². The van der Waals surface area contributed by atoms with Gasteiger partial charge in [0.05, 0.1) is 0 Å². The van der Waals surface area contributed by atoms with E-state index in [-0.39, 0.29) is 23.4 Å². The van der Waals surface area contributed by atoms with E-state index in [4.69, 9.17) is 0 Å². The van der Waals surface area contributed by atoms with Gasteiger partial charge in [0.1, 0.15) is 5.78 Å². The lowest BCUT2D eigenvalue weighted by molar-refractivity contribution is -0.127. The summed E-state index contributed by atoms with van der Waals surface area (Å²) in [4.78, 5) is 11.7. The predicted molar refractivity (Wildman–Crippen MR) is 91.6 cm³/mol. The number of carbonyl (C=O) groups is 1. The van der Waals surface area contributed by atoms with Gasteiger partial charge in [-0.25, -0.2) is 0 Å². The average molecular weight is 306 g/mol. The number of hydrogen-bond donors (Lipinski definition) is 1. The third kappa shape index (κ3) is 3.04. The van der Waals surface area contributed by atoms with Crippen molar-refractivity contribution in [2.45, 2.75) is 72.6 Å². The van der Waals surface area contributed by atoms with Crippen LogP contribution >= 0.6 is 0 Å². The highest BCUT2D eigenvalue weighted by atomic mass is 16.3. The highest BCUT2D eigenvalue weighted by Gasteiger charge is 2.44. The molecule has 1 N–H and O–H groups in total. The van der Waals surface area contributed by atoms with Gasteiger partial charge in [-0.3, -0.25) is 4.79 Å². The molecule has 126 valence electrons. The molecule has 22 heavy (non-hydrogen) atoms. The second-order valence-corrected chi connectivity index (χ2v) is 8.53. The maximum absolute atomic E-state index is 11.7. The average Bonchev–Trinajstić information content (AvgIpc) is 2.75. The Balaban J connectivity index is 2.03. The largest absolute Gasteiger partial charge is 0.396 e. The molecule has 2 aliphatic carbocycles. The molecule has 0 spiro atoms. The maximum Gasteiger partial charge on any atom is 0.133 e. The molecule has 2 nitrogen and oxygen atoms in total. The van der Waals surface area contributed by atoms with Crippen LogP contribution in [-0.4, -0.2) is 17.5 Å². The van der Waals surface area contributed by atoms with Crippen molar-refractivity contribution in [1.29, 1.82) is 0 Å². The van der Waals surface area contributed by atoms with Crippen LogP contribution in [0.4, 0.5) is 0 Å². The molecule has 0 aromatic heterocycles. The van der Waals surface area contributed by atoms with Gasteiger partial charge in [-0.1, -0.05) is 39.8 Å². The first-order valence-electron chi connectivity index (χ1n) is 9.05. The van der Waals surface area contributed by atoms with Crippen molar-refractivity contribution in [2.75, 3.05) is 6.61 Å². The van der Waals surface area contributed by atoms with Gasteiger partial charge in [-0.05, 0) is 60.7 Å². The number of aliphatic hydroxyl groups excluding tert-OH is 1. The highest BCUT2D eigenvalue weighted by Crippen LogP contribution is 2.52. The van der Waals surface area contributed by atoms with Crippen molar-refractivity contribution in [1.82, 2.24) is 0 Å². The standard InChI is InChI=1S/C20H34O2/c1-14-6-7-15(2)19(14,4)10-8-16(3)20(5)11-9-18(22)12-17(20)13-21/h15-17,21H,1,6-13H2,2-5H3/t15?,16?,17-,19-,20?/m1/s1. The lowest BCUT2D eigenvalue weighted by Gasteiger charge is -2.46. The van der Waals surface area contributed by atoms with Gasteiger partial charge in [0.2, 0.25) is 0 Å². The smallest absolute Gasteiger partial charge is 0.133 e. The highest BCUT2D eigenvalue weighted by molar-refractivity contribution is 5.79. The summed E-state index contributed by atoms with van der Waals surface area (Å²) in [6.07, 6.45) is 7.00. The summed E-state index contributed by atoms with van der Waals surface area (Å²) in [6.45, 7) is 13.8. The zero-order valence-corrected chi connectivity index (χ0v) is 15.0. The lowest BCUT2D eigenvalue weighted by atomic mass is 9.59. The lowest BCUT2D eigenvalue weighted by Crippen LogP contribution is -2.41. The van der Waals surface area contributed by atoms with Crippen LogP contribution in [0.5, 0.6) is 0 Å². The molecule has 0 heterocycles. The molecule has 0 aliphatic heterocycles. The van der Waals surface area contributed by atoms with E-state index in [1.165, 1.54) is 31.3 Å². The molecule has 0 bridgehead atoms. The number of allylic oxidation sites excluding steroid dienone is 1. The predicted octanol–water partition coefficient (Wildman–Crippen LogP) is 4.76. The van der Waals surface area contributed by atoms with E-state index >= 15 is 0 Å². The third-order valence-electron chi connectivity index (χ3n) is 7.57. The van der Waals surface area contributed by atoms with E-state index < -0.39 is 0 Å². The molecule has 2 saturated carbocycles. The minimum absolute atomic E-state index is 0.0994. The second-order valence-electron chi connectivity index (χ2n) is 8.53. The number of rotatable bonds is 5. The van der Waals surface area contributed by atoms with Crippen molar-refractivity contribution in [3.63, 3.8) is 0 Å². The number of hydrogen-bond acceptors (Lipinski definition) is 2. The molecule has 0 amide bonds. The Morgan fingerprint density at radius 2 is 2.05 bits per heavy atom. The normalized spacial score (nSPS) is 41.0. The number of aliphatic hydroxyl groups is 1. The van der Waals surface area contributed by atoms with Crippen LogP contribution in [0, 0.1) is 28.6 Å². The van der Waals surface area contributed by atoms with Crippen molar-refractivity contribution in [3.05, 3.63) is 12.2 Å². The SMILES string of the molecule is C=C1CCC(C)[C@]1(C)CCC(C)C1(C)CCC(=O)C[C@@H]1CO. The van der Waals surface area contributed by atoms with E-state index in [1.807, 2.05) is 0 Å². The summed E-state index contributed by atoms with van der Waals surface area (Å²) in [7, 11) is 0. The van der Waals surface area contributed by atoms with Gasteiger partial charge >= 0.3 is 0 Å². The molecule has 2 rings (SSSR count). The Morgan fingerprint density at radius 3 is 2.59 bits per heavy atom. The second kappa shape index (κ2) is 6.47. The molecule has 0 saturated heterocycles. The van der Waals surface area contributed by atoms with Crippen LogP contribution in [0.25, 0.3) is 0 Å². The quantitative estimate of drug-likeness (QED) is 0.743. The molecule has 0 radical (unpaired) electrons. The Morgan fingerprint density at radius 1 is 1.36 bits per heavy atom. The molecule has 2 aliphatic rings. The Kier molecular flexibility index (Phi) is 5.21. The Labute approximate surface area is 136 Å². The summed E-state index contributed by atoms with van der Waals surface area (Å²) in [5, 5.41) is 9.74. The van der Waals surface area contributed by atoms with Crippen LogP contribution in [0.3, 0.4) is 0 Å². The van der Waals surface area contributed by atoms with Crippen molar-refractivity contribution < 1.29 is 9.90 Å². The monoisotopic (exact) mass is 306 g/mol. The summed E-state index contributed by atoms with van der Waals surface area (Å²) < 4.78 is 0. The van der Waals surface area contributed by atoms with E-state index in [1.54, 1.807) is 0 Å². The summed E-state index contributed by atoms with van der Waals surface area (Å²) in [5.74, 6) is 1.73. The van der Waals surface area contributed by atoms with Gasteiger partial charge in [0, 0.05) is 19.4 Å². The molecule has 0 aromatic carbocycles. The molecule has 5 atom stereocenters. The topological polar surface area (TPSA) is 37.3 Å². The number of Topliss-reactive ketones (excluding diaryl/α,β-unsaturated/α-hetero) is 1. The van der Waals surface area contributed by atoms with Gasteiger partial charge in [0.15, 0.2) is 0 Å². The minimum atomic E-state index is 0.0994. The van der Waals surface area contributed by atoms with Gasteiger partial charge in [-0.15, -0.1) is 0 Å².